The molecule has 5 heteroatoms. The molecule has 0 bridgehead atoms. The lowest BCUT2D eigenvalue weighted by molar-refractivity contribution is -0.137. The molecule has 0 aromatic heterocycles. The largest absolute Gasteiger partial charge is 0.481 e. The fourth-order valence-electron chi connectivity index (χ4n) is 2.06. The Kier molecular flexibility index (Phi) is 3.59. The lowest BCUT2D eigenvalue weighted by atomic mass is 9.91. The third-order valence-corrected chi connectivity index (χ3v) is 3.62. The van der Waals surface area contributed by atoms with Gasteiger partial charge in [0.15, 0.2) is 0 Å². The van der Waals surface area contributed by atoms with Gasteiger partial charge >= 0.3 is 5.97 Å². The molecule has 1 saturated carbocycles. The topological polar surface area (TPSA) is 37.3 Å². The zero-order chi connectivity index (χ0) is 12.6. The highest BCUT2D eigenvalue weighted by molar-refractivity contribution is 6.33. The molecule has 1 aliphatic carbocycles. The first kappa shape index (κ1) is 12.7. The number of hydrogen-bond donors (Lipinski definition) is 1. The minimum absolute atomic E-state index is 0.00690. The molecule has 1 fully saturated rings. The molecule has 0 heterocycles. The van der Waals surface area contributed by atoms with Crippen LogP contribution in [0.5, 0.6) is 0 Å². The van der Waals surface area contributed by atoms with Crippen LogP contribution in [0.4, 0.5) is 4.39 Å². The van der Waals surface area contributed by atoms with E-state index in [0.717, 1.165) is 18.9 Å². The third-order valence-electron chi connectivity index (χ3n) is 3.01. The predicted molar refractivity (Wildman–Crippen MR) is 64.1 cm³/mol. The zero-order valence-corrected chi connectivity index (χ0v) is 10.4. The van der Waals surface area contributed by atoms with Gasteiger partial charge in [0.2, 0.25) is 0 Å². The van der Waals surface area contributed by atoms with Gasteiger partial charge in [-0.25, -0.2) is 4.39 Å². The zero-order valence-electron chi connectivity index (χ0n) is 8.92. The number of aliphatic carboxylic acids is 1. The summed E-state index contributed by atoms with van der Waals surface area (Å²) in [5, 5.41) is 9.12. The van der Waals surface area contributed by atoms with Gasteiger partial charge in [0, 0.05) is 5.02 Å². The van der Waals surface area contributed by atoms with Gasteiger partial charge in [-0.15, -0.1) is 0 Å². The first-order valence-electron chi connectivity index (χ1n) is 5.35. The molecule has 92 valence electrons. The second-order valence-electron chi connectivity index (χ2n) is 4.33. The summed E-state index contributed by atoms with van der Waals surface area (Å²) in [5.74, 6) is -1.46. The molecule has 2 rings (SSSR count). The maximum Gasteiger partial charge on any atom is 0.303 e. The molecule has 1 aromatic rings. The molecular weight excluding hydrogens is 266 g/mol. The fraction of sp³-hybridized carbons (Fsp3) is 0.417. The van der Waals surface area contributed by atoms with Crippen molar-refractivity contribution in [2.75, 3.05) is 0 Å². The van der Waals surface area contributed by atoms with Crippen molar-refractivity contribution in [3.63, 3.8) is 0 Å². The summed E-state index contributed by atoms with van der Waals surface area (Å²) < 4.78 is 13.5. The van der Waals surface area contributed by atoms with Gasteiger partial charge in [-0.2, -0.15) is 0 Å². The fourth-order valence-corrected chi connectivity index (χ4v) is 2.53. The van der Waals surface area contributed by atoms with Gasteiger partial charge in [0.05, 0.1) is 11.4 Å². The predicted octanol–water partition coefficient (Wildman–Crippen LogP) is 4.10. The van der Waals surface area contributed by atoms with Crippen molar-refractivity contribution in [3.8, 4) is 0 Å². The average molecular weight is 277 g/mol. The Labute approximate surface area is 108 Å². The van der Waals surface area contributed by atoms with Crippen LogP contribution >= 0.6 is 23.2 Å². The quantitative estimate of drug-likeness (QED) is 0.841. The maximum absolute atomic E-state index is 13.5. The number of benzene rings is 1. The van der Waals surface area contributed by atoms with Gasteiger partial charge in [0.1, 0.15) is 5.82 Å². The number of carboxylic acid groups (broad SMARTS) is 1. The Balaban J connectivity index is 2.38. The average Bonchev–Trinajstić information content (AvgIpc) is 3.03. The Morgan fingerprint density at radius 2 is 2.12 bits per heavy atom. The Bertz CT molecular complexity index is 458. The van der Waals surface area contributed by atoms with Crippen molar-refractivity contribution < 1.29 is 14.3 Å². The highest BCUT2D eigenvalue weighted by Crippen LogP contribution is 2.47. The van der Waals surface area contributed by atoms with Crippen LogP contribution in [0, 0.1) is 11.7 Å². The smallest absolute Gasteiger partial charge is 0.303 e. The SMILES string of the molecule is O=C(O)CC(c1cc(Cl)cc(F)c1Cl)C1CC1. The molecule has 1 unspecified atom stereocenters. The summed E-state index contributed by atoms with van der Waals surface area (Å²) >= 11 is 11.7. The van der Waals surface area contributed by atoms with Crippen molar-refractivity contribution in [1.29, 1.82) is 0 Å². The second kappa shape index (κ2) is 4.83. The number of halogens is 3. The van der Waals surface area contributed by atoms with Crippen molar-refractivity contribution in [2.45, 2.75) is 25.2 Å². The van der Waals surface area contributed by atoms with E-state index in [4.69, 9.17) is 28.3 Å². The van der Waals surface area contributed by atoms with Gasteiger partial charge in [-0.3, -0.25) is 4.79 Å². The molecule has 17 heavy (non-hydrogen) atoms. The summed E-state index contributed by atoms with van der Waals surface area (Å²) in [6.07, 6.45) is 1.88. The van der Waals surface area contributed by atoms with Crippen LogP contribution in [-0.2, 0) is 4.79 Å². The van der Waals surface area contributed by atoms with Crippen LogP contribution in [0.15, 0.2) is 12.1 Å². The van der Waals surface area contributed by atoms with E-state index in [1.165, 1.54) is 0 Å². The minimum atomic E-state index is -0.904. The maximum atomic E-state index is 13.5. The first-order chi connectivity index (χ1) is 7.99. The molecule has 0 radical (unpaired) electrons. The van der Waals surface area contributed by atoms with Crippen LogP contribution in [0.2, 0.25) is 10.0 Å². The van der Waals surface area contributed by atoms with Gasteiger partial charge in [0.25, 0.3) is 0 Å². The van der Waals surface area contributed by atoms with Crippen molar-refractivity contribution in [3.05, 3.63) is 33.6 Å². The number of carbonyl (C=O) groups is 1. The third kappa shape index (κ3) is 2.90. The van der Waals surface area contributed by atoms with Crippen LogP contribution in [0.1, 0.15) is 30.7 Å². The van der Waals surface area contributed by atoms with Crippen LogP contribution < -0.4 is 0 Å². The second-order valence-corrected chi connectivity index (χ2v) is 5.15. The summed E-state index contributed by atoms with van der Waals surface area (Å²) in [4.78, 5) is 10.8. The summed E-state index contributed by atoms with van der Waals surface area (Å²) in [6, 6.07) is 2.71. The molecule has 0 aliphatic heterocycles. The molecule has 0 spiro atoms. The van der Waals surface area contributed by atoms with E-state index < -0.39 is 11.8 Å². The Hall–Kier alpha value is -0.800. The summed E-state index contributed by atoms with van der Waals surface area (Å²) in [5.41, 5.74) is 0.515. The van der Waals surface area contributed by atoms with Crippen LogP contribution in [-0.4, -0.2) is 11.1 Å². The molecule has 0 saturated heterocycles. The van der Waals surface area contributed by atoms with E-state index in [-0.39, 0.29) is 28.3 Å². The van der Waals surface area contributed by atoms with Gasteiger partial charge < -0.3 is 5.11 Å². The highest BCUT2D eigenvalue weighted by Gasteiger charge is 2.35. The molecule has 1 aliphatic rings. The minimum Gasteiger partial charge on any atom is -0.481 e. The van der Waals surface area contributed by atoms with E-state index in [1.807, 2.05) is 0 Å². The standard InChI is InChI=1S/C12H11Cl2FO2/c13-7-3-9(12(14)10(15)4-7)8(5-11(16)17)6-1-2-6/h3-4,6,8H,1-2,5H2,(H,16,17). The lowest BCUT2D eigenvalue weighted by Gasteiger charge is -2.16. The van der Waals surface area contributed by atoms with Gasteiger partial charge in [-0.05, 0) is 42.4 Å². The van der Waals surface area contributed by atoms with E-state index >= 15 is 0 Å². The van der Waals surface area contributed by atoms with Crippen LogP contribution in [0.25, 0.3) is 0 Å². The molecule has 1 aromatic carbocycles. The van der Waals surface area contributed by atoms with E-state index in [1.54, 1.807) is 6.07 Å². The first-order valence-corrected chi connectivity index (χ1v) is 6.11. The van der Waals surface area contributed by atoms with E-state index in [0.29, 0.717) is 5.56 Å². The van der Waals surface area contributed by atoms with Gasteiger partial charge in [-0.1, -0.05) is 23.2 Å². The lowest BCUT2D eigenvalue weighted by Crippen LogP contribution is -2.09. The monoisotopic (exact) mass is 276 g/mol. The van der Waals surface area contributed by atoms with Crippen molar-refractivity contribution in [1.82, 2.24) is 0 Å². The highest BCUT2D eigenvalue weighted by atomic mass is 35.5. The molecule has 2 nitrogen and oxygen atoms in total. The van der Waals surface area contributed by atoms with Crippen molar-refractivity contribution >= 4 is 29.2 Å². The molecule has 1 N–H and O–H groups in total. The molecule has 0 amide bonds. The normalized spacial score (nSPS) is 16.9. The van der Waals surface area contributed by atoms with E-state index in [9.17, 15) is 9.18 Å². The summed E-state index contributed by atoms with van der Waals surface area (Å²) in [6.45, 7) is 0. The number of carboxylic acids is 1. The number of hydrogen-bond acceptors (Lipinski definition) is 1. The Morgan fingerprint density at radius 3 is 2.65 bits per heavy atom. The van der Waals surface area contributed by atoms with Crippen LogP contribution in [0.3, 0.4) is 0 Å². The molecule has 1 atom stereocenters. The van der Waals surface area contributed by atoms with Crippen molar-refractivity contribution in [2.24, 2.45) is 5.92 Å². The summed E-state index contributed by atoms with van der Waals surface area (Å²) in [7, 11) is 0. The number of rotatable bonds is 4. The molecular formula is C12H11Cl2FO2. The van der Waals surface area contributed by atoms with E-state index in [2.05, 4.69) is 0 Å². The Morgan fingerprint density at radius 1 is 1.47 bits per heavy atom.